The fourth-order valence-corrected chi connectivity index (χ4v) is 2.94. The highest BCUT2D eigenvalue weighted by atomic mass is 32.1. The van der Waals surface area contributed by atoms with Gasteiger partial charge in [-0.1, -0.05) is 13.3 Å². The van der Waals surface area contributed by atoms with Crippen LogP contribution in [0.5, 0.6) is 0 Å². The largest absolute Gasteiger partial charge is 0.477 e. The molecule has 0 bridgehead atoms. The van der Waals surface area contributed by atoms with Crippen molar-refractivity contribution in [2.75, 3.05) is 40.5 Å². The SMILES string of the molecule is CCCc1nc(CN(CCOC)CCOC)sc1C(=O)O. The predicted octanol–water partition coefficient (Wildman–Crippen LogP) is 1.89. The van der Waals surface area contributed by atoms with Gasteiger partial charge in [-0.2, -0.15) is 0 Å². The quantitative estimate of drug-likeness (QED) is 0.672. The molecule has 1 heterocycles. The van der Waals surface area contributed by atoms with Crippen LogP contribution in [-0.4, -0.2) is 61.5 Å². The highest BCUT2D eigenvalue weighted by Crippen LogP contribution is 2.21. The minimum absolute atomic E-state index is 0.366. The highest BCUT2D eigenvalue weighted by Gasteiger charge is 2.18. The van der Waals surface area contributed by atoms with E-state index in [1.165, 1.54) is 11.3 Å². The first-order chi connectivity index (χ1) is 10.1. The molecule has 0 aliphatic carbocycles. The molecule has 0 radical (unpaired) electrons. The van der Waals surface area contributed by atoms with E-state index in [1.807, 2.05) is 6.92 Å². The second kappa shape index (κ2) is 9.83. The number of aromatic nitrogens is 1. The molecule has 0 fully saturated rings. The highest BCUT2D eigenvalue weighted by molar-refractivity contribution is 7.13. The number of aromatic carboxylic acids is 1. The van der Waals surface area contributed by atoms with Gasteiger partial charge in [0.1, 0.15) is 9.88 Å². The first kappa shape index (κ1) is 18.0. The number of nitrogens with zero attached hydrogens (tertiary/aromatic N) is 2. The summed E-state index contributed by atoms with van der Waals surface area (Å²) in [6.07, 6.45) is 1.59. The first-order valence-electron chi connectivity index (χ1n) is 7.04. The monoisotopic (exact) mass is 316 g/mol. The second-order valence-corrected chi connectivity index (χ2v) is 5.78. The Balaban J connectivity index is 2.76. The summed E-state index contributed by atoms with van der Waals surface area (Å²) >= 11 is 1.27. The Morgan fingerprint density at radius 3 is 2.38 bits per heavy atom. The van der Waals surface area contributed by atoms with Crippen LogP contribution in [0.4, 0.5) is 0 Å². The van der Waals surface area contributed by atoms with Crippen LogP contribution >= 0.6 is 11.3 Å². The Morgan fingerprint density at radius 2 is 1.90 bits per heavy atom. The third-order valence-electron chi connectivity index (χ3n) is 3.00. The predicted molar refractivity (Wildman–Crippen MR) is 82.1 cm³/mol. The Morgan fingerprint density at radius 1 is 1.29 bits per heavy atom. The molecule has 1 aromatic heterocycles. The average Bonchev–Trinajstić information content (AvgIpc) is 2.85. The lowest BCUT2D eigenvalue weighted by molar-refractivity contribution is 0.0700. The summed E-state index contributed by atoms with van der Waals surface area (Å²) in [6, 6.07) is 0. The van der Waals surface area contributed by atoms with E-state index in [9.17, 15) is 9.90 Å². The number of hydrogen-bond donors (Lipinski definition) is 1. The lowest BCUT2D eigenvalue weighted by Gasteiger charge is -2.20. The summed E-state index contributed by atoms with van der Waals surface area (Å²) in [5.74, 6) is -0.887. The van der Waals surface area contributed by atoms with Crippen LogP contribution in [0.1, 0.15) is 33.7 Å². The molecule has 0 aromatic carbocycles. The van der Waals surface area contributed by atoms with Crippen LogP contribution in [0.25, 0.3) is 0 Å². The van der Waals surface area contributed by atoms with Crippen LogP contribution in [0.3, 0.4) is 0 Å². The van der Waals surface area contributed by atoms with Crippen LogP contribution in [0.15, 0.2) is 0 Å². The van der Waals surface area contributed by atoms with Crippen molar-refractivity contribution in [2.24, 2.45) is 0 Å². The van der Waals surface area contributed by atoms with Crippen molar-refractivity contribution in [2.45, 2.75) is 26.3 Å². The van der Waals surface area contributed by atoms with Gasteiger partial charge in [0.05, 0.1) is 25.5 Å². The molecule has 1 aromatic rings. The van der Waals surface area contributed by atoms with Crippen LogP contribution in [0, 0.1) is 0 Å². The Labute approximate surface area is 129 Å². The van der Waals surface area contributed by atoms with E-state index < -0.39 is 5.97 Å². The van der Waals surface area contributed by atoms with Crippen LogP contribution in [0.2, 0.25) is 0 Å². The minimum Gasteiger partial charge on any atom is -0.477 e. The number of carboxylic acids is 1. The maximum absolute atomic E-state index is 11.3. The summed E-state index contributed by atoms with van der Waals surface area (Å²) in [6.45, 7) is 5.44. The Kier molecular flexibility index (Phi) is 8.44. The van der Waals surface area contributed by atoms with E-state index in [0.717, 1.165) is 24.5 Å². The maximum atomic E-state index is 11.3. The number of thiazole rings is 1. The number of ether oxygens (including phenoxy) is 2. The zero-order valence-corrected chi connectivity index (χ0v) is 13.7. The number of hydrogen-bond acceptors (Lipinski definition) is 6. The molecule has 0 aliphatic heterocycles. The third kappa shape index (κ3) is 6.09. The standard InChI is InChI=1S/C14H24N2O4S/c1-4-5-11-13(14(17)18)21-12(15-11)10-16(6-8-19-2)7-9-20-3/h4-10H2,1-3H3,(H,17,18). The van der Waals surface area contributed by atoms with E-state index in [4.69, 9.17) is 9.47 Å². The van der Waals surface area contributed by atoms with E-state index in [1.54, 1.807) is 14.2 Å². The molecular weight excluding hydrogens is 292 g/mol. The second-order valence-electron chi connectivity index (χ2n) is 4.70. The summed E-state index contributed by atoms with van der Waals surface area (Å²) in [5.41, 5.74) is 0.698. The van der Waals surface area contributed by atoms with Crippen LogP contribution in [-0.2, 0) is 22.4 Å². The van der Waals surface area contributed by atoms with Gasteiger partial charge in [-0.25, -0.2) is 9.78 Å². The summed E-state index contributed by atoms with van der Waals surface area (Å²) in [4.78, 5) is 18.3. The zero-order valence-electron chi connectivity index (χ0n) is 12.9. The van der Waals surface area contributed by atoms with Crippen molar-refractivity contribution < 1.29 is 19.4 Å². The molecule has 0 unspecified atom stereocenters. The third-order valence-corrected chi connectivity index (χ3v) is 4.08. The molecule has 6 nitrogen and oxygen atoms in total. The lowest BCUT2D eigenvalue weighted by Crippen LogP contribution is -2.30. The number of carboxylic acid groups (broad SMARTS) is 1. The summed E-state index contributed by atoms with van der Waals surface area (Å²) in [7, 11) is 3.33. The molecule has 0 aliphatic rings. The van der Waals surface area contributed by atoms with Gasteiger partial charge in [-0.05, 0) is 6.42 Å². The maximum Gasteiger partial charge on any atom is 0.347 e. The number of aryl methyl sites for hydroxylation is 1. The molecule has 120 valence electrons. The average molecular weight is 316 g/mol. The molecular formula is C14H24N2O4S. The minimum atomic E-state index is -0.887. The molecule has 0 amide bonds. The molecule has 21 heavy (non-hydrogen) atoms. The van der Waals surface area contributed by atoms with Crippen molar-refractivity contribution in [3.8, 4) is 0 Å². The first-order valence-corrected chi connectivity index (χ1v) is 7.86. The lowest BCUT2D eigenvalue weighted by atomic mass is 10.2. The van der Waals surface area contributed by atoms with Crippen molar-refractivity contribution >= 4 is 17.3 Å². The number of rotatable bonds is 11. The van der Waals surface area contributed by atoms with Gasteiger partial charge < -0.3 is 14.6 Å². The number of carbonyl (C=O) groups is 1. The molecule has 1 N–H and O–H groups in total. The Bertz CT molecular complexity index is 429. The van der Waals surface area contributed by atoms with Crippen LogP contribution < -0.4 is 0 Å². The summed E-state index contributed by atoms with van der Waals surface area (Å²) < 4.78 is 10.2. The van der Waals surface area contributed by atoms with Gasteiger partial charge in [-0.3, -0.25) is 4.90 Å². The molecule has 0 spiro atoms. The van der Waals surface area contributed by atoms with Gasteiger partial charge in [0.25, 0.3) is 0 Å². The van der Waals surface area contributed by atoms with Crippen molar-refractivity contribution in [1.29, 1.82) is 0 Å². The van der Waals surface area contributed by atoms with Gasteiger partial charge in [0, 0.05) is 27.3 Å². The van der Waals surface area contributed by atoms with Gasteiger partial charge in [-0.15, -0.1) is 11.3 Å². The van der Waals surface area contributed by atoms with Crippen molar-refractivity contribution in [3.63, 3.8) is 0 Å². The molecule has 0 saturated heterocycles. The van der Waals surface area contributed by atoms with E-state index in [2.05, 4.69) is 9.88 Å². The van der Waals surface area contributed by atoms with E-state index >= 15 is 0 Å². The fraction of sp³-hybridized carbons (Fsp3) is 0.714. The fourth-order valence-electron chi connectivity index (χ4n) is 1.94. The van der Waals surface area contributed by atoms with Gasteiger partial charge >= 0.3 is 5.97 Å². The summed E-state index contributed by atoms with van der Waals surface area (Å²) in [5, 5.41) is 10.1. The Hall–Kier alpha value is -1.02. The molecule has 0 saturated carbocycles. The normalized spacial score (nSPS) is 11.2. The topological polar surface area (TPSA) is 71.9 Å². The van der Waals surface area contributed by atoms with Crippen molar-refractivity contribution in [3.05, 3.63) is 15.6 Å². The molecule has 7 heteroatoms. The van der Waals surface area contributed by atoms with E-state index in [0.29, 0.717) is 36.8 Å². The number of methoxy groups -OCH3 is 2. The van der Waals surface area contributed by atoms with Gasteiger partial charge in [0.2, 0.25) is 0 Å². The molecule has 0 atom stereocenters. The smallest absolute Gasteiger partial charge is 0.347 e. The van der Waals surface area contributed by atoms with E-state index in [-0.39, 0.29) is 0 Å². The molecule has 1 rings (SSSR count). The van der Waals surface area contributed by atoms with Crippen molar-refractivity contribution in [1.82, 2.24) is 9.88 Å². The zero-order chi connectivity index (χ0) is 15.7. The van der Waals surface area contributed by atoms with Gasteiger partial charge in [0.15, 0.2) is 0 Å².